The van der Waals surface area contributed by atoms with Gasteiger partial charge in [-0.2, -0.15) is 5.10 Å². The quantitative estimate of drug-likeness (QED) is 0.868. The number of rotatable bonds is 4. The van der Waals surface area contributed by atoms with Gasteiger partial charge >= 0.3 is 0 Å². The molecule has 1 saturated carbocycles. The fourth-order valence-corrected chi connectivity index (χ4v) is 3.33. The number of hydrogen-bond acceptors (Lipinski definition) is 2. The van der Waals surface area contributed by atoms with Crippen LogP contribution in [0.5, 0.6) is 0 Å². The van der Waals surface area contributed by atoms with Crippen LogP contribution in [0.3, 0.4) is 0 Å². The van der Waals surface area contributed by atoms with Crippen LogP contribution in [0.4, 0.5) is 0 Å². The lowest BCUT2D eigenvalue weighted by Crippen LogP contribution is -2.40. The number of halogens is 1. The van der Waals surface area contributed by atoms with Crippen molar-refractivity contribution in [1.82, 2.24) is 15.1 Å². The Morgan fingerprint density at radius 3 is 2.78 bits per heavy atom. The Balaban J connectivity index is 1.91. The Labute approximate surface area is 116 Å². The van der Waals surface area contributed by atoms with E-state index in [-0.39, 0.29) is 11.3 Å². The monoisotopic (exact) mass is 313 g/mol. The first-order valence-electron chi connectivity index (χ1n) is 6.48. The molecule has 1 aliphatic carbocycles. The van der Waals surface area contributed by atoms with E-state index in [1.54, 1.807) is 17.1 Å². The molecule has 1 N–H and O–H groups in total. The van der Waals surface area contributed by atoms with Gasteiger partial charge in [0.05, 0.1) is 11.8 Å². The lowest BCUT2D eigenvalue weighted by atomic mass is 9.75. The van der Waals surface area contributed by atoms with Gasteiger partial charge in [-0.15, -0.1) is 0 Å². The summed E-state index contributed by atoms with van der Waals surface area (Å²) in [7, 11) is 1.82. The van der Waals surface area contributed by atoms with Crippen molar-refractivity contribution in [2.45, 2.75) is 32.1 Å². The van der Waals surface area contributed by atoms with Crippen molar-refractivity contribution in [2.75, 3.05) is 11.9 Å². The minimum atomic E-state index is -0.0194. The largest absolute Gasteiger partial charge is 0.351 e. The molecule has 0 saturated heterocycles. The van der Waals surface area contributed by atoms with Crippen LogP contribution in [-0.2, 0) is 7.05 Å². The van der Waals surface area contributed by atoms with Crippen LogP contribution in [0.15, 0.2) is 12.4 Å². The van der Waals surface area contributed by atoms with Gasteiger partial charge in [0.2, 0.25) is 0 Å². The molecule has 1 aromatic rings. The molecule has 1 fully saturated rings. The highest BCUT2D eigenvalue weighted by atomic mass is 79.9. The van der Waals surface area contributed by atoms with E-state index < -0.39 is 0 Å². The second kappa shape index (κ2) is 5.87. The minimum absolute atomic E-state index is 0.0194. The summed E-state index contributed by atoms with van der Waals surface area (Å²) >= 11 is 3.61. The second-order valence-electron chi connectivity index (χ2n) is 5.28. The van der Waals surface area contributed by atoms with Gasteiger partial charge in [0.25, 0.3) is 5.91 Å². The first kappa shape index (κ1) is 13.6. The molecule has 0 spiro atoms. The van der Waals surface area contributed by atoms with Crippen LogP contribution in [0.2, 0.25) is 0 Å². The Morgan fingerprint density at radius 2 is 2.22 bits per heavy atom. The number of carbonyl (C=O) groups is 1. The summed E-state index contributed by atoms with van der Waals surface area (Å²) in [5, 5.41) is 8.03. The van der Waals surface area contributed by atoms with Crippen LogP contribution >= 0.6 is 15.9 Å². The first-order valence-corrected chi connectivity index (χ1v) is 7.60. The second-order valence-corrected chi connectivity index (χ2v) is 5.84. The summed E-state index contributed by atoms with van der Waals surface area (Å²) in [5.41, 5.74) is 0.883. The highest BCUT2D eigenvalue weighted by Crippen LogP contribution is 2.37. The van der Waals surface area contributed by atoms with Crippen LogP contribution in [0, 0.1) is 5.41 Å². The molecule has 0 aromatic carbocycles. The minimum Gasteiger partial charge on any atom is -0.351 e. The van der Waals surface area contributed by atoms with Crippen LogP contribution in [0.25, 0.3) is 0 Å². The van der Waals surface area contributed by atoms with E-state index in [1.165, 1.54) is 32.1 Å². The molecule has 100 valence electrons. The summed E-state index contributed by atoms with van der Waals surface area (Å²) in [6.45, 7) is 0.756. The third kappa shape index (κ3) is 3.13. The number of aryl methyl sites for hydroxylation is 1. The first-order chi connectivity index (χ1) is 8.65. The summed E-state index contributed by atoms with van der Waals surface area (Å²) in [6.07, 6.45) is 9.62. The predicted molar refractivity (Wildman–Crippen MR) is 74.9 cm³/mol. The molecule has 1 aromatic heterocycles. The van der Waals surface area contributed by atoms with E-state index in [4.69, 9.17) is 0 Å². The van der Waals surface area contributed by atoms with Crippen molar-refractivity contribution in [3.63, 3.8) is 0 Å². The Morgan fingerprint density at radius 1 is 1.50 bits per heavy atom. The molecule has 1 heterocycles. The highest BCUT2D eigenvalue weighted by molar-refractivity contribution is 9.09. The predicted octanol–water partition coefficient (Wildman–Crippen LogP) is 2.50. The van der Waals surface area contributed by atoms with Crippen molar-refractivity contribution in [3.05, 3.63) is 18.0 Å². The smallest absolute Gasteiger partial charge is 0.254 e. The Hall–Kier alpha value is -0.840. The zero-order valence-corrected chi connectivity index (χ0v) is 12.4. The van der Waals surface area contributed by atoms with E-state index in [0.717, 1.165) is 11.9 Å². The van der Waals surface area contributed by atoms with E-state index >= 15 is 0 Å². The average Bonchev–Trinajstić information content (AvgIpc) is 2.84. The number of alkyl halides is 1. The van der Waals surface area contributed by atoms with E-state index in [1.807, 2.05) is 7.05 Å². The number of amides is 1. The summed E-state index contributed by atoms with van der Waals surface area (Å²) in [6, 6.07) is 0. The van der Waals surface area contributed by atoms with Crippen LogP contribution in [-0.4, -0.2) is 27.6 Å². The maximum Gasteiger partial charge on any atom is 0.254 e. The van der Waals surface area contributed by atoms with Crippen molar-refractivity contribution >= 4 is 21.8 Å². The number of aromatic nitrogens is 2. The van der Waals surface area contributed by atoms with Gasteiger partial charge in [0.1, 0.15) is 0 Å². The molecule has 0 atom stereocenters. The average molecular weight is 314 g/mol. The van der Waals surface area contributed by atoms with Gasteiger partial charge in [-0.25, -0.2) is 0 Å². The fourth-order valence-electron chi connectivity index (χ4n) is 2.57. The van der Waals surface area contributed by atoms with E-state index in [9.17, 15) is 4.79 Å². The zero-order chi connectivity index (χ0) is 13.0. The van der Waals surface area contributed by atoms with Crippen LogP contribution < -0.4 is 5.32 Å². The normalized spacial score (nSPS) is 18.6. The van der Waals surface area contributed by atoms with Crippen molar-refractivity contribution in [2.24, 2.45) is 12.5 Å². The van der Waals surface area contributed by atoms with Gasteiger partial charge in [-0.3, -0.25) is 9.48 Å². The maximum atomic E-state index is 12.0. The summed E-state index contributed by atoms with van der Waals surface area (Å²) in [4.78, 5) is 12.0. The van der Waals surface area contributed by atoms with Gasteiger partial charge in [-0.05, 0) is 18.3 Å². The molecule has 18 heavy (non-hydrogen) atoms. The van der Waals surface area contributed by atoms with Gasteiger partial charge in [0.15, 0.2) is 0 Å². The number of carbonyl (C=O) groups excluding carboxylic acids is 1. The molecule has 1 amide bonds. The summed E-state index contributed by atoms with van der Waals surface area (Å²) in [5.74, 6) is -0.0194. The molecule has 4 nitrogen and oxygen atoms in total. The van der Waals surface area contributed by atoms with Gasteiger partial charge in [0, 0.05) is 25.1 Å². The molecule has 5 heteroatoms. The number of hydrogen-bond donors (Lipinski definition) is 1. The maximum absolute atomic E-state index is 12.0. The van der Waals surface area contributed by atoms with Crippen LogP contribution in [0.1, 0.15) is 42.5 Å². The number of nitrogens with zero attached hydrogens (tertiary/aromatic N) is 2. The lowest BCUT2D eigenvalue weighted by Gasteiger charge is -2.35. The van der Waals surface area contributed by atoms with Crippen molar-refractivity contribution in [3.8, 4) is 0 Å². The molecular formula is C13H20BrN3O. The SMILES string of the molecule is Cn1cc(C(=O)NCC2(CBr)CCCCC2)cn1. The Kier molecular flexibility index (Phi) is 4.43. The molecule has 0 radical (unpaired) electrons. The third-order valence-electron chi connectivity index (χ3n) is 3.79. The van der Waals surface area contributed by atoms with Gasteiger partial charge < -0.3 is 5.32 Å². The molecule has 2 rings (SSSR count). The third-order valence-corrected chi connectivity index (χ3v) is 4.98. The van der Waals surface area contributed by atoms with Crippen molar-refractivity contribution in [1.29, 1.82) is 0 Å². The standard InChI is InChI=1S/C13H20BrN3O/c1-17-8-11(7-16-17)12(18)15-10-13(9-14)5-3-2-4-6-13/h7-8H,2-6,9-10H2,1H3,(H,15,18). The fraction of sp³-hybridized carbons (Fsp3) is 0.692. The zero-order valence-electron chi connectivity index (χ0n) is 10.8. The summed E-state index contributed by atoms with van der Waals surface area (Å²) < 4.78 is 1.65. The molecule has 0 aliphatic heterocycles. The van der Waals surface area contributed by atoms with Crippen molar-refractivity contribution < 1.29 is 4.79 Å². The molecule has 0 unspecified atom stereocenters. The Bertz CT molecular complexity index is 410. The molecule has 0 bridgehead atoms. The molecule has 1 aliphatic rings. The van der Waals surface area contributed by atoms with E-state index in [2.05, 4.69) is 26.3 Å². The number of nitrogens with one attached hydrogen (secondary N) is 1. The molecular weight excluding hydrogens is 294 g/mol. The van der Waals surface area contributed by atoms with Gasteiger partial charge in [-0.1, -0.05) is 35.2 Å². The highest BCUT2D eigenvalue weighted by Gasteiger charge is 2.31. The lowest BCUT2D eigenvalue weighted by molar-refractivity contribution is 0.0922. The van der Waals surface area contributed by atoms with E-state index in [0.29, 0.717) is 5.56 Å². The topological polar surface area (TPSA) is 46.9 Å².